The van der Waals surface area contributed by atoms with Crippen LogP contribution < -0.4 is 5.32 Å². The third kappa shape index (κ3) is 48.0. The Kier molecular flexibility index (Phi) is 50.7. The number of amides is 1. The van der Waals surface area contributed by atoms with Gasteiger partial charge in [-0.05, 0) is 19.3 Å². The number of hydrogen-bond acceptors (Lipinski definition) is 3. The molecule has 0 spiro atoms. The Labute approximate surface area is 371 Å². The molecule has 0 saturated carbocycles. The molecule has 0 heterocycles. The van der Waals surface area contributed by atoms with E-state index in [1.807, 2.05) is 6.08 Å². The molecule has 2 atom stereocenters. The molecule has 0 saturated heterocycles. The lowest BCUT2D eigenvalue weighted by Crippen LogP contribution is -2.45. The summed E-state index contributed by atoms with van der Waals surface area (Å²) in [7, 11) is 0. The highest BCUT2D eigenvalue weighted by Crippen LogP contribution is 2.18. The van der Waals surface area contributed by atoms with Crippen molar-refractivity contribution < 1.29 is 15.0 Å². The van der Waals surface area contributed by atoms with Gasteiger partial charge in [0.2, 0.25) is 5.91 Å². The molecule has 4 heteroatoms. The molecular weight excluding hydrogens is 723 g/mol. The first-order valence-corrected chi connectivity index (χ1v) is 27.4. The van der Waals surface area contributed by atoms with Crippen molar-refractivity contribution in [3.63, 3.8) is 0 Å². The van der Waals surface area contributed by atoms with Gasteiger partial charge in [-0.2, -0.15) is 0 Å². The van der Waals surface area contributed by atoms with E-state index in [-0.39, 0.29) is 12.5 Å². The number of aliphatic hydroxyl groups excluding tert-OH is 2. The molecule has 0 radical (unpaired) electrons. The predicted octanol–water partition coefficient (Wildman–Crippen LogP) is 17.8. The summed E-state index contributed by atoms with van der Waals surface area (Å²) in [6, 6.07) is -0.616. The minimum atomic E-state index is -0.833. The molecule has 0 rings (SSSR count). The van der Waals surface area contributed by atoms with E-state index in [9.17, 15) is 15.0 Å². The van der Waals surface area contributed by atoms with E-state index in [1.165, 1.54) is 270 Å². The third-order valence-electron chi connectivity index (χ3n) is 13.0. The maximum atomic E-state index is 12.4. The summed E-state index contributed by atoms with van der Waals surface area (Å²) in [4.78, 5) is 12.4. The molecule has 0 aromatic carbocycles. The molecule has 0 unspecified atom stereocenters. The van der Waals surface area contributed by atoms with Crippen molar-refractivity contribution in [2.75, 3.05) is 6.61 Å². The number of unbranched alkanes of at least 4 members (excludes halogenated alkanes) is 44. The summed E-state index contributed by atoms with van der Waals surface area (Å²) in [6.45, 7) is 4.32. The van der Waals surface area contributed by atoms with E-state index < -0.39 is 12.1 Å². The summed E-state index contributed by atoms with van der Waals surface area (Å²) < 4.78 is 0. The van der Waals surface area contributed by atoms with Crippen LogP contribution in [0.2, 0.25) is 0 Å². The van der Waals surface area contributed by atoms with Crippen molar-refractivity contribution in [1.29, 1.82) is 0 Å². The fourth-order valence-corrected chi connectivity index (χ4v) is 8.83. The quantitative estimate of drug-likeness (QED) is 0.0422. The Morgan fingerprint density at radius 2 is 0.627 bits per heavy atom. The maximum Gasteiger partial charge on any atom is 0.220 e. The highest BCUT2D eigenvalue weighted by atomic mass is 16.3. The van der Waals surface area contributed by atoms with E-state index in [2.05, 4.69) is 19.2 Å². The number of carbonyl (C=O) groups is 1. The van der Waals surface area contributed by atoms with Gasteiger partial charge in [-0.15, -0.1) is 0 Å². The number of aliphatic hydroxyl groups is 2. The number of hydrogen-bond donors (Lipinski definition) is 3. The van der Waals surface area contributed by atoms with E-state index in [0.29, 0.717) is 6.42 Å². The second kappa shape index (κ2) is 51.5. The number of nitrogens with one attached hydrogen (secondary N) is 1. The summed E-state index contributed by atoms with van der Waals surface area (Å²) >= 11 is 0. The molecule has 352 valence electrons. The van der Waals surface area contributed by atoms with Crippen molar-refractivity contribution in [3.8, 4) is 0 Å². The Balaban J connectivity index is 3.33. The van der Waals surface area contributed by atoms with Crippen LogP contribution in [0.25, 0.3) is 0 Å². The van der Waals surface area contributed by atoms with Crippen LogP contribution in [0.4, 0.5) is 0 Å². The first kappa shape index (κ1) is 58.1. The van der Waals surface area contributed by atoms with Crippen LogP contribution in [-0.4, -0.2) is 34.9 Å². The molecule has 0 aromatic heterocycles. The molecule has 4 nitrogen and oxygen atoms in total. The molecule has 0 fully saturated rings. The van der Waals surface area contributed by atoms with Crippen molar-refractivity contribution in [2.45, 2.75) is 328 Å². The van der Waals surface area contributed by atoms with Gasteiger partial charge < -0.3 is 15.5 Å². The van der Waals surface area contributed by atoms with Crippen LogP contribution in [-0.2, 0) is 4.79 Å². The van der Waals surface area contributed by atoms with Gasteiger partial charge in [-0.3, -0.25) is 4.79 Å². The van der Waals surface area contributed by atoms with Crippen LogP contribution in [0.1, 0.15) is 316 Å². The topological polar surface area (TPSA) is 69.6 Å². The second-order valence-corrected chi connectivity index (χ2v) is 19.0. The van der Waals surface area contributed by atoms with Crippen LogP contribution in [0.15, 0.2) is 12.2 Å². The molecule has 0 aliphatic carbocycles. The van der Waals surface area contributed by atoms with Gasteiger partial charge >= 0.3 is 0 Å². The monoisotopic (exact) mass is 832 g/mol. The molecule has 3 N–H and O–H groups in total. The maximum absolute atomic E-state index is 12.4. The largest absolute Gasteiger partial charge is 0.394 e. The van der Waals surface area contributed by atoms with E-state index in [4.69, 9.17) is 0 Å². The van der Waals surface area contributed by atoms with Crippen LogP contribution in [0.5, 0.6) is 0 Å². The minimum Gasteiger partial charge on any atom is -0.394 e. The van der Waals surface area contributed by atoms with Gasteiger partial charge in [0.05, 0.1) is 18.8 Å². The molecular formula is C55H109NO3. The van der Waals surface area contributed by atoms with Crippen LogP contribution in [0, 0.1) is 0 Å². The third-order valence-corrected chi connectivity index (χ3v) is 13.0. The lowest BCUT2D eigenvalue weighted by Gasteiger charge is -2.20. The first-order valence-electron chi connectivity index (χ1n) is 27.4. The first-order chi connectivity index (χ1) is 29.2. The molecule has 0 aliphatic rings. The normalized spacial score (nSPS) is 12.8. The lowest BCUT2D eigenvalue weighted by molar-refractivity contribution is -0.123. The molecule has 0 bridgehead atoms. The summed E-state index contributed by atoms with van der Waals surface area (Å²) in [5.74, 6) is -0.0587. The summed E-state index contributed by atoms with van der Waals surface area (Å²) in [6.07, 6.45) is 66.8. The SMILES string of the molecule is CCCCCCCCCCC/C=C/[C@@H](O)[C@H](CO)NC(=O)CCCCCCCCCCCCCCCCCCCCCCCCCCCCCCCCCCCCCC. The predicted molar refractivity (Wildman–Crippen MR) is 263 cm³/mol. The van der Waals surface area contributed by atoms with Crippen molar-refractivity contribution >= 4 is 5.91 Å². The van der Waals surface area contributed by atoms with E-state index >= 15 is 0 Å². The number of allylic oxidation sites excluding steroid dienone is 1. The average Bonchev–Trinajstić information content (AvgIpc) is 3.24. The smallest absolute Gasteiger partial charge is 0.220 e. The van der Waals surface area contributed by atoms with Gasteiger partial charge in [-0.25, -0.2) is 0 Å². The minimum absolute atomic E-state index is 0.0587. The highest BCUT2D eigenvalue weighted by molar-refractivity contribution is 5.76. The van der Waals surface area contributed by atoms with E-state index in [0.717, 1.165) is 25.7 Å². The fourth-order valence-electron chi connectivity index (χ4n) is 8.83. The molecule has 59 heavy (non-hydrogen) atoms. The summed E-state index contributed by atoms with van der Waals surface area (Å²) in [5, 5.41) is 23.0. The average molecular weight is 832 g/mol. The Bertz CT molecular complexity index is 814. The lowest BCUT2D eigenvalue weighted by atomic mass is 10.0. The Morgan fingerprint density at radius 3 is 0.881 bits per heavy atom. The van der Waals surface area contributed by atoms with Gasteiger partial charge in [0.15, 0.2) is 0 Å². The Hall–Kier alpha value is -0.870. The standard InChI is InChI=1S/C55H109NO3/c1-3-5-7-9-11-13-15-16-17-18-19-20-21-22-23-24-25-26-27-28-29-30-31-32-33-34-35-36-37-38-39-41-43-45-47-49-51-55(59)56-53(52-57)54(58)50-48-46-44-42-40-14-12-10-8-6-4-2/h48,50,53-54,57-58H,3-47,49,51-52H2,1-2H3,(H,56,59)/b50-48+/t53-,54+/m0/s1. The van der Waals surface area contributed by atoms with Crippen molar-refractivity contribution in [1.82, 2.24) is 5.32 Å². The zero-order valence-corrected chi connectivity index (χ0v) is 40.6. The van der Waals surface area contributed by atoms with Crippen LogP contribution >= 0.6 is 0 Å². The Morgan fingerprint density at radius 1 is 0.390 bits per heavy atom. The van der Waals surface area contributed by atoms with Crippen LogP contribution in [0.3, 0.4) is 0 Å². The van der Waals surface area contributed by atoms with Gasteiger partial charge in [0.25, 0.3) is 0 Å². The highest BCUT2D eigenvalue weighted by Gasteiger charge is 2.18. The summed E-state index contributed by atoms with van der Waals surface area (Å²) in [5.41, 5.74) is 0. The van der Waals surface area contributed by atoms with Gasteiger partial charge in [-0.1, -0.05) is 302 Å². The molecule has 0 aromatic rings. The van der Waals surface area contributed by atoms with Gasteiger partial charge in [0.1, 0.15) is 0 Å². The number of rotatable bonds is 51. The van der Waals surface area contributed by atoms with Crippen molar-refractivity contribution in [3.05, 3.63) is 12.2 Å². The fraction of sp³-hybridized carbons (Fsp3) is 0.945. The van der Waals surface area contributed by atoms with Gasteiger partial charge in [0, 0.05) is 6.42 Å². The number of carbonyl (C=O) groups excluding carboxylic acids is 1. The zero-order chi connectivity index (χ0) is 42.8. The van der Waals surface area contributed by atoms with E-state index in [1.54, 1.807) is 6.08 Å². The zero-order valence-electron chi connectivity index (χ0n) is 40.6. The molecule has 1 amide bonds. The van der Waals surface area contributed by atoms with Crippen molar-refractivity contribution in [2.24, 2.45) is 0 Å². The second-order valence-electron chi connectivity index (χ2n) is 19.0. The molecule has 0 aliphatic heterocycles.